The van der Waals surface area contributed by atoms with E-state index in [2.05, 4.69) is 65.6 Å². The first-order chi connectivity index (χ1) is 19.0. The van der Waals surface area contributed by atoms with E-state index < -0.39 is 10.0 Å². The molecule has 4 nitrogen and oxygen atoms in total. The van der Waals surface area contributed by atoms with E-state index in [9.17, 15) is 8.42 Å². The molecule has 0 radical (unpaired) electrons. The summed E-state index contributed by atoms with van der Waals surface area (Å²) in [5.41, 5.74) is 6.72. The molecule has 0 saturated heterocycles. The lowest BCUT2D eigenvalue weighted by atomic mass is 10.0. The SMILES string of the molecule is Cc1ccc(S(=O)(=O)N2C/C=C(/c3ccccc3)CN(Cc3ccccc3)C/C(c3ccccc3)=C\C2)cc1. The van der Waals surface area contributed by atoms with Crippen molar-refractivity contribution >= 4 is 21.2 Å². The quantitative estimate of drug-likeness (QED) is 0.277. The third-order valence-electron chi connectivity index (χ3n) is 7.07. The van der Waals surface area contributed by atoms with E-state index in [1.54, 1.807) is 16.4 Å². The molecular formula is C34H34N2O2S. The number of benzene rings is 4. The Morgan fingerprint density at radius 1 is 0.615 bits per heavy atom. The maximum absolute atomic E-state index is 13.8. The minimum absolute atomic E-state index is 0.290. The Labute approximate surface area is 232 Å². The highest BCUT2D eigenvalue weighted by atomic mass is 32.2. The van der Waals surface area contributed by atoms with Crippen LogP contribution in [0.5, 0.6) is 0 Å². The van der Waals surface area contributed by atoms with Crippen LogP contribution >= 0.6 is 0 Å². The zero-order valence-corrected chi connectivity index (χ0v) is 23.1. The van der Waals surface area contributed by atoms with Crippen molar-refractivity contribution in [2.75, 3.05) is 26.2 Å². The molecule has 39 heavy (non-hydrogen) atoms. The van der Waals surface area contributed by atoms with E-state index in [1.807, 2.05) is 61.5 Å². The zero-order chi connectivity index (χ0) is 27.1. The molecule has 0 aliphatic carbocycles. The number of sulfonamides is 1. The van der Waals surface area contributed by atoms with E-state index in [0.29, 0.717) is 18.0 Å². The molecule has 5 rings (SSSR count). The van der Waals surface area contributed by atoms with Crippen LogP contribution < -0.4 is 0 Å². The fraction of sp³-hybridized carbons (Fsp3) is 0.176. The van der Waals surface area contributed by atoms with Gasteiger partial charge in [-0.25, -0.2) is 8.42 Å². The van der Waals surface area contributed by atoms with Crippen LogP contribution in [0.2, 0.25) is 0 Å². The second-order valence-electron chi connectivity index (χ2n) is 9.96. The summed E-state index contributed by atoms with van der Waals surface area (Å²) in [7, 11) is -3.69. The maximum Gasteiger partial charge on any atom is 0.243 e. The number of rotatable bonds is 6. The van der Waals surface area contributed by atoms with Crippen LogP contribution in [-0.4, -0.2) is 43.8 Å². The predicted molar refractivity (Wildman–Crippen MR) is 160 cm³/mol. The van der Waals surface area contributed by atoms with Gasteiger partial charge in [0.05, 0.1) is 4.90 Å². The summed E-state index contributed by atoms with van der Waals surface area (Å²) in [6, 6.07) is 38.2. The number of nitrogens with zero attached hydrogens (tertiary/aromatic N) is 2. The molecule has 0 N–H and O–H groups in total. The minimum Gasteiger partial charge on any atom is -0.291 e. The van der Waals surface area contributed by atoms with Crippen LogP contribution in [-0.2, 0) is 16.6 Å². The second kappa shape index (κ2) is 12.4. The van der Waals surface area contributed by atoms with Crippen molar-refractivity contribution in [3.05, 3.63) is 150 Å². The Kier molecular flexibility index (Phi) is 8.52. The van der Waals surface area contributed by atoms with Gasteiger partial charge in [0.15, 0.2) is 0 Å². The zero-order valence-electron chi connectivity index (χ0n) is 22.3. The van der Waals surface area contributed by atoms with Crippen LogP contribution in [0.1, 0.15) is 22.3 Å². The normalized spacial score (nSPS) is 18.5. The highest BCUT2D eigenvalue weighted by molar-refractivity contribution is 7.89. The van der Waals surface area contributed by atoms with Gasteiger partial charge < -0.3 is 0 Å². The van der Waals surface area contributed by atoms with Gasteiger partial charge >= 0.3 is 0 Å². The largest absolute Gasteiger partial charge is 0.291 e. The average Bonchev–Trinajstić information content (AvgIpc) is 2.97. The van der Waals surface area contributed by atoms with E-state index in [4.69, 9.17) is 0 Å². The molecule has 0 spiro atoms. The van der Waals surface area contributed by atoms with Crippen LogP contribution in [0, 0.1) is 6.92 Å². The lowest BCUT2D eigenvalue weighted by molar-refractivity contribution is 0.335. The summed E-state index contributed by atoms with van der Waals surface area (Å²) in [5, 5.41) is 0. The Bertz CT molecular complexity index is 1470. The van der Waals surface area contributed by atoms with Crippen LogP contribution in [0.25, 0.3) is 11.1 Å². The molecule has 5 heteroatoms. The first-order valence-corrected chi connectivity index (χ1v) is 14.7. The molecule has 0 fully saturated rings. The summed E-state index contributed by atoms with van der Waals surface area (Å²) >= 11 is 0. The summed E-state index contributed by atoms with van der Waals surface area (Å²) in [5.74, 6) is 0. The number of hydrogen-bond acceptors (Lipinski definition) is 3. The summed E-state index contributed by atoms with van der Waals surface area (Å²) in [6.07, 6.45) is 4.17. The molecule has 0 bridgehead atoms. The number of aryl methyl sites for hydroxylation is 1. The Morgan fingerprint density at radius 3 is 1.56 bits per heavy atom. The van der Waals surface area contributed by atoms with Gasteiger partial charge in [-0.3, -0.25) is 4.90 Å². The molecule has 0 unspecified atom stereocenters. The van der Waals surface area contributed by atoms with E-state index >= 15 is 0 Å². The van der Waals surface area contributed by atoms with Crippen molar-refractivity contribution in [1.29, 1.82) is 0 Å². The highest BCUT2D eigenvalue weighted by Crippen LogP contribution is 2.25. The standard InChI is InChI=1S/C34H34N2O2S/c1-28-17-19-34(20-18-28)39(37,38)36-23-21-32(30-13-7-3-8-14-30)26-35(25-29-11-5-2-6-12-29)27-33(22-24-36)31-15-9-4-10-16-31/h2-22H,23-27H2,1H3/b32-21+,33-22+. The topological polar surface area (TPSA) is 40.6 Å². The Hall–Kier alpha value is -3.77. The van der Waals surface area contributed by atoms with Gasteiger partial charge in [0, 0.05) is 32.7 Å². The van der Waals surface area contributed by atoms with Gasteiger partial charge in [-0.1, -0.05) is 121 Å². The molecule has 198 valence electrons. The van der Waals surface area contributed by atoms with Gasteiger partial charge in [0.2, 0.25) is 10.0 Å². The monoisotopic (exact) mass is 534 g/mol. The lowest BCUT2D eigenvalue weighted by Gasteiger charge is -2.28. The third-order valence-corrected chi connectivity index (χ3v) is 8.91. The van der Waals surface area contributed by atoms with Gasteiger partial charge in [-0.05, 0) is 46.9 Å². The first-order valence-electron chi connectivity index (χ1n) is 13.3. The van der Waals surface area contributed by atoms with Crippen molar-refractivity contribution in [1.82, 2.24) is 9.21 Å². The van der Waals surface area contributed by atoms with Crippen molar-refractivity contribution in [3.8, 4) is 0 Å². The van der Waals surface area contributed by atoms with Crippen molar-refractivity contribution in [2.24, 2.45) is 0 Å². The van der Waals surface area contributed by atoms with Crippen molar-refractivity contribution < 1.29 is 8.42 Å². The summed E-state index contributed by atoms with van der Waals surface area (Å²) in [6.45, 7) is 4.73. The van der Waals surface area contributed by atoms with Crippen LogP contribution in [0.15, 0.2) is 132 Å². The average molecular weight is 535 g/mol. The smallest absolute Gasteiger partial charge is 0.243 e. The molecule has 1 aliphatic rings. The Balaban J connectivity index is 1.57. The summed E-state index contributed by atoms with van der Waals surface area (Å²) < 4.78 is 29.2. The fourth-order valence-corrected chi connectivity index (χ4v) is 6.22. The van der Waals surface area contributed by atoms with Crippen molar-refractivity contribution in [2.45, 2.75) is 18.4 Å². The third kappa shape index (κ3) is 6.82. The van der Waals surface area contributed by atoms with E-state index in [0.717, 1.165) is 34.4 Å². The second-order valence-corrected chi connectivity index (χ2v) is 11.9. The molecule has 1 heterocycles. The molecule has 0 amide bonds. The number of hydrogen-bond donors (Lipinski definition) is 0. The first kappa shape index (κ1) is 26.8. The van der Waals surface area contributed by atoms with Gasteiger partial charge in [0.1, 0.15) is 0 Å². The Morgan fingerprint density at radius 2 is 1.08 bits per heavy atom. The van der Waals surface area contributed by atoms with E-state index in [-0.39, 0.29) is 13.1 Å². The summed E-state index contributed by atoms with van der Waals surface area (Å²) in [4.78, 5) is 2.76. The maximum atomic E-state index is 13.8. The predicted octanol–water partition coefficient (Wildman–Crippen LogP) is 6.67. The molecule has 4 aromatic carbocycles. The van der Waals surface area contributed by atoms with Gasteiger partial charge in [-0.15, -0.1) is 0 Å². The van der Waals surface area contributed by atoms with Crippen molar-refractivity contribution in [3.63, 3.8) is 0 Å². The molecule has 0 atom stereocenters. The molecule has 0 saturated carbocycles. The van der Waals surface area contributed by atoms with E-state index in [1.165, 1.54) is 5.56 Å². The molecule has 4 aromatic rings. The van der Waals surface area contributed by atoms with Crippen LogP contribution in [0.4, 0.5) is 0 Å². The fourth-order valence-electron chi connectivity index (χ4n) is 4.90. The van der Waals surface area contributed by atoms with Gasteiger partial charge in [-0.2, -0.15) is 4.31 Å². The lowest BCUT2D eigenvalue weighted by Crippen LogP contribution is -2.34. The molecular weight excluding hydrogens is 500 g/mol. The minimum atomic E-state index is -3.69. The van der Waals surface area contributed by atoms with Crippen LogP contribution in [0.3, 0.4) is 0 Å². The molecule has 0 aromatic heterocycles. The molecule has 1 aliphatic heterocycles. The van der Waals surface area contributed by atoms with Gasteiger partial charge in [0.25, 0.3) is 0 Å². The highest BCUT2D eigenvalue weighted by Gasteiger charge is 2.25.